The molecule has 28 heavy (non-hydrogen) atoms. The summed E-state index contributed by atoms with van der Waals surface area (Å²) < 4.78 is 25.7. The van der Waals surface area contributed by atoms with E-state index in [0.717, 1.165) is 16.6 Å². The number of carbonyl (C=O) groups is 1. The molecule has 1 amide bonds. The highest BCUT2D eigenvalue weighted by atomic mass is 35.5. The normalized spacial score (nSPS) is 12.3. The standard InChI is InChI=1S/C17H17Cl2N3O5S/c1-10-4-5-15(22(24)25)9-16(10)21(28(3,26)27)11(2)17(23)20-14-7-12(18)6-13(19)8-14/h4-9,11H,1-3H3,(H,20,23)/t11-/m0/s1. The first-order valence-corrected chi connectivity index (χ1v) is 10.5. The molecule has 0 aromatic heterocycles. The van der Waals surface area contributed by atoms with Crippen molar-refractivity contribution < 1.29 is 18.1 Å². The molecule has 0 fully saturated rings. The van der Waals surface area contributed by atoms with E-state index in [1.165, 1.54) is 37.3 Å². The molecule has 0 bridgehead atoms. The van der Waals surface area contributed by atoms with Gasteiger partial charge in [-0.3, -0.25) is 19.2 Å². The molecular weight excluding hydrogens is 429 g/mol. The predicted molar refractivity (Wildman–Crippen MR) is 110 cm³/mol. The summed E-state index contributed by atoms with van der Waals surface area (Å²) in [7, 11) is -3.94. The summed E-state index contributed by atoms with van der Waals surface area (Å²) in [4.78, 5) is 23.1. The Hall–Kier alpha value is -2.36. The summed E-state index contributed by atoms with van der Waals surface area (Å²) in [5.41, 5.74) is 0.506. The van der Waals surface area contributed by atoms with Crippen molar-refractivity contribution in [2.45, 2.75) is 19.9 Å². The molecule has 150 valence electrons. The molecule has 0 aliphatic carbocycles. The first-order valence-electron chi connectivity index (χ1n) is 7.91. The number of hydrogen-bond donors (Lipinski definition) is 1. The van der Waals surface area contributed by atoms with Crippen molar-refractivity contribution in [2.24, 2.45) is 0 Å². The smallest absolute Gasteiger partial charge is 0.271 e. The minimum atomic E-state index is -3.94. The van der Waals surface area contributed by atoms with Gasteiger partial charge in [0.2, 0.25) is 15.9 Å². The minimum Gasteiger partial charge on any atom is -0.324 e. The van der Waals surface area contributed by atoms with Crippen LogP contribution in [0.2, 0.25) is 10.0 Å². The van der Waals surface area contributed by atoms with E-state index >= 15 is 0 Å². The van der Waals surface area contributed by atoms with E-state index in [1.807, 2.05) is 0 Å². The molecule has 2 rings (SSSR count). The molecule has 11 heteroatoms. The Balaban J connectivity index is 2.45. The van der Waals surface area contributed by atoms with Gasteiger partial charge in [0.15, 0.2) is 0 Å². The molecule has 1 N–H and O–H groups in total. The Kier molecular flexibility index (Phi) is 6.53. The number of halogens is 2. The molecule has 0 heterocycles. The predicted octanol–water partition coefficient (Wildman–Crippen LogP) is 4.00. The number of nitro benzene ring substituents is 1. The Labute approximate surface area is 172 Å². The van der Waals surface area contributed by atoms with Crippen LogP contribution in [-0.4, -0.2) is 31.5 Å². The van der Waals surface area contributed by atoms with Gasteiger partial charge in [-0.15, -0.1) is 0 Å². The third kappa shape index (κ3) is 5.12. The average molecular weight is 446 g/mol. The summed E-state index contributed by atoms with van der Waals surface area (Å²) in [5, 5.41) is 14.2. The van der Waals surface area contributed by atoms with Crippen LogP contribution in [0.25, 0.3) is 0 Å². The number of hydrogen-bond acceptors (Lipinski definition) is 5. The monoisotopic (exact) mass is 445 g/mol. The molecule has 0 radical (unpaired) electrons. The van der Waals surface area contributed by atoms with Crippen LogP contribution in [0.4, 0.5) is 17.1 Å². The first-order chi connectivity index (χ1) is 12.9. The number of nitro groups is 1. The van der Waals surface area contributed by atoms with Crippen molar-refractivity contribution in [3.05, 3.63) is 62.1 Å². The highest BCUT2D eigenvalue weighted by molar-refractivity contribution is 7.92. The zero-order chi connectivity index (χ0) is 21.2. The quantitative estimate of drug-likeness (QED) is 0.533. The maximum Gasteiger partial charge on any atom is 0.271 e. The van der Waals surface area contributed by atoms with Crippen LogP contribution < -0.4 is 9.62 Å². The van der Waals surface area contributed by atoms with Gasteiger partial charge in [0.25, 0.3) is 5.69 Å². The van der Waals surface area contributed by atoms with Crippen LogP contribution in [0, 0.1) is 17.0 Å². The molecular formula is C17H17Cl2N3O5S. The van der Waals surface area contributed by atoms with Crippen LogP contribution in [0.15, 0.2) is 36.4 Å². The fourth-order valence-corrected chi connectivity index (χ4v) is 4.35. The fourth-order valence-electron chi connectivity index (χ4n) is 2.60. The molecule has 0 aliphatic heterocycles. The number of sulfonamides is 1. The highest BCUT2D eigenvalue weighted by Crippen LogP contribution is 2.30. The number of nitrogens with zero attached hydrogens (tertiary/aromatic N) is 2. The fraction of sp³-hybridized carbons (Fsp3) is 0.235. The maximum atomic E-state index is 12.7. The van der Waals surface area contributed by atoms with Gasteiger partial charge in [-0.25, -0.2) is 8.42 Å². The number of amides is 1. The number of non-ortho nitro benzene ring substituents is 1. The van der Waals surface area contributed by atoms with Crippen molar-refractivity contribution in [1.29, 1.82) is 0 Å². The number of carbonyl (C=O) groups excluding carboxylic acids is 1. The van der Waals surface area contributed by atoms with E-state index in [0.29, 0.717) is 21.3 Å². The lowest BCUT2D eigenvalue weighted by Gasteiger charge is -2.29. The molecule has 0 aliphatic rings. The summed E-state index contributed by atoms with van der Waals surface area (Å²) in [6.45, 7) is 2.97. The lowest BCUT2D eigenvalue weighted by Crippen LogP contribution is -2.45. The summed E-state index contributed by atoms with van der Waals surface area (Å²) in [6.07, 6.45) is 0.922. The Morgan fingerprint density at radius 2 is 1.75 bits per heavy atom. The van der Waals surface area contributed by atoms with Crippen molar-refractivity contribution >= 4 is 56.2 Å². The van der Waals surface area contributed by atoms with Gasteiger partial charge in [-0.2, -0.15) is 0 Å². The molecule has 0 unspecified atom stereocenters. The van der Waals surface area contributed by atoms with Crippen molar-refractivity contribution in [3.63, 3.8) is 0 Å². The van der Waals surface area contributed by atoms with E-state index in [-0.39, 0.29) is 11.4 Å². The summed E-state index contributed by atoms with van der Waals surface area (Å²) in [5.74, 6) is -0.658. The molecule has 2 aromatic rings. The van der Waals surface area contributed by atoms with Gasteiger partial charge in [-0.05, 0) is 37.6 Å². The van der Waals surface area contributed by atoms with Gasteiger partial charge < -0.3 is 5.32 Å². The van der Waals surface area contributed by atoms with Crippen molar-refractivity contribution in [1.82, 2.24) is 0 Å². The van der Waals surface area contributed by atoms with Crippen molar-refractivity contribution in [2.75, 3.05) is 15.9 Å². The van der Waals surface area contributed by atoms with Crippen LogP contribution in [0.1, 0.15) is 12.5 Å². The molecule has 8 nitrogen and oxygen atoms in total. The van der Waals surface area contributed by atoms with E-state index in [9.17, 15) is 23.3 Å². The van der Waals surface area contributed by atoms with E-state index in [1.54, 1.807) is 6.92 Å². The number of aryl methyl sites for hydroxylation is 1. The van der Waals surface area contributed by atoms with Crippen LogP contribution in [0.5, 0.6) is 0 Å². The topological polar surface area (TPSA) is 110 Å². The van der Waals surface area contributed by atoms with Gasteiger partial charge in [-0.1, -0.05) is 29.3 Å². The molecule has 0 spiro atoms. The third-order valence-electron chi connectivity index (χ3n) is 3.86. The van der Waals surface area contributed by atoms with Gasteiger partial charge in [0.1, 0.15) is 6.04 Å². The Bertz CT molecular complexity index is 1020. The second-order valence-corrected chi connectivity index (χ2v) is 8.84. The zero-order valence-electron chi connectivity index (χ0n) is 15.1. The maximum absolute atomic E-state index is 12.7. The first kappa shape index (κ1) is 21.9. The van der Waals surface area contributed by atoms with E-state index in [2.05, 4.69) is 5.32 Å². The van der Waals surface area contributed by atoms with Gasteiger partial charge >= 0.3 is 0 Å². The highest BCUT2D eigenvalue weighted by Gasteiger charge is 2.31. The van der Waals surface area contributed by atoms with Crippen molar-refractivity contribution in [3.8, 4) is 0 Å². The Morgan fingerprint density at radius 3 is 2.25 bits per heavy atom. The summed E-state index contributed by atoms with van der Waals surface area (Å²) in [6, 6.07) is 7.01. The minimum absolute atomic E-state index is 0.0449. The number of rotatable bonds is 6. The van der Waals surface area contributed by atoms with Crippen LogP contribution in [-0.2, 0) is 14.8 Å². The number of benzene rings is 2. The van der Waals surface area contributed by atoms with Gasteiger partial charge in [0, 0.05) is 27.9 Å². The lowest BCUT2D eigenvalue weighted by atomic mass is 10.1. The zero-order valence-corrected chi connectivity index (χ0v) is 17.5. The molecule has 0 saturated carbocycles. The largest absolute Gasteiger partial charge is 0.324 e. The van der Waals surface area contributed by atoms with E-state index in [4.69, 9.17) is 23.2 Å². The van der Waals surface area contributed by atoms with E-state index < -0.39 is 26.9 Å². The Morgan fingerprint density at radius 1 is 1.18 bits per heavy atom. The SMILES string of the molecule is Cc1ccc([N+](=O)[O-])cc1N([C@@H](C)C(=O)Nc1cc(Cl)cc(Cl)c1)S(C)(=O)=O. The van der Waals surface area contributed by atoms with Gasteiger partial charge in [0.05, 0.1) is 16.9 Å². The summed E-state index contributed by atoms with van der Waals surface area (Å²) >= 11 is 11.8. The average Bonchev–Trinajstić information content (AvgIpc) is 2.54. The molecule has 0 saturated heterocycles. The number of anilines is 2. The second-order valence-electron chi connectivity index (χ2n) is 6.11. The molecule has 1 atom stereocenters. The lowest BCUT2D eigenvalue weighted by molar-refractivity contribution is -0.384. The van der Waals surface area contributed by atoms with Crippen LogP contribution >= 0.6 is 23.2 Å². The second kappa shape index (κ2) is 8.34. The van der Waals surface area contributed by atoms with Crippen LogP contribution in [0.3, 0.4) is 0 Å². The molecule has 2 aromatic carbocycles. The third-order valence-corrected chi connectivity index (χ3v) is 5.52. The number of nitrogens with one attached hydrogen (secondary N) is 1.